The van der Waals surface area contributed by atoms with Gasteiger partial charge >= 0.3 is 0 Å². The molecule has 0 fully saturated rings. The normalized spacial score (nSPS) is 14.8. The van der Waals surface area contributed by atoms with E-state index in [1.54, 1.807) is 24.3 Å². The first-order chi connectivity index (χ1) is 15.0. The average Bonchev–Trinajstić information content (AvgIpc) is 3.31. The summed E-state index contributed by atoms with van der Waals surface area (Å²) in [5, 5.41) is 14.1. The molecule has 8 heteroatoms. The molecule has 1 aliphatic rings. The average molecular weight is 427 g/mol. The lowest BCUT2D eigenvalue weighted by atomic mass is 10.1. The number of halogens is 2. The van der Waals surface area contributed by atoms with Crippen LogP contribution in [-0.2, 0) is 4.74 Å². The van der Waals surface area contributed by atoms with Crippen molar-refractivity contribution in [3.8, 4) is 11.6 Å². The van der Waals surface area contributed by atoms with Crippen LogP contribution >= 0.6 is 0 Å². The van der Waals surface area contributed by atoms with E-state index in [0.717, 1.165) is 19.5 Å². The molecule has 0 aliphatic carbocycles. The molecule has 162 valence electrons. The van der Waals surface area contributed by atoms with Crippen LogP contribution in [-0.4, -0.2) is 42.1 Å². The highest BCUT2D eigenvalue weighted by Crippen LogP contribution is 2.36. The van der Waals surface area contributed by atoms with Crippen molar-refractivity contribution in [1.29, 1.82) is 0 Å². The monoisotopic (exact) mass is 427 g/mol. The van der Waals surface area contributed by atoms with Crippen molar-refractivity contribution in [3.05, 3.63) is 59.7 Å². The number of aromatic amines is 1. The Morgan fingerprint density at radius 1 is 1.23 bits per heavy atom. The Kier molecular flexibility index (Phi) is 6.18. The molecule has 0 atom stereocenters. The molecule has 0 amide bonds. The van der Waals surface area contributed by atoms with Gasteiger partial charge in [-0.05, 0) is 49.8 Å². The Bertz CT molecular complexity index is 1150. The number of hydrogen-bond donors (Lipinski definition) is 3. The quantitative estimate of drug-likeness (QED) is 0.457. The third kappa shape index (κ3) is 4.69. The number of fused-ring (bicyclic) bond motifs is 1. The smallest absolute Gasteiger partial charge is 0.200 e. The topological polar surface area (TPSA) is 78.9 Å². The minimum Gasteiger partial charge on any atom is -0.494 e. The van der Waals surface area contributed by atoms with Crippen LogP contribution in [0.3, 0.4) is 0 Å². The molecular formula is C23H23F2N3O3. The van der Waals surface area contributed by atoms with E-state index >= 15 is 0 Å². The van der Waals surface area contributed by atoms with Gasteiger partial charge in [0.25, 0.3) is 0 Å². The summed E-state index contributed by atoms with van der Waals surface area (Å²) in [6, 6.07) is 8.73. The summed E-state index contributed by atoms with van der Waals surface area (Å²) in [6.07, 6.45) is 2.46. The van der Waals surface area contributed by atoms with Crippen LogP contribution in [0.15, 0.2) is 47.5 Å². The zero-order valence-electron chi connectivity index (χ0n) is 17.0. The summed E-state index contributed by atoms with van der Waals surface area (Å²) in [5.74, 6) is -0.402. The molecule has 3 N–H and O–H groups in total. The molecule has 2 heterocycles. The highest BCUT2D eigenvalue weighted by molar-refractivity contribution is 6.08. The van der Waals surface area contributed by atoms with Crippen LogP contribution in [0.2, 0.25) is 0 Å². The van der Waals surface area contributed by atoms with E-state index in [1.165, 1.54) is 18.2 Å². The van der Waals surface area contributed by atoms with Gasteiger partial charge in [-0.3, -0.25) is 0 Å². The fourth-order valence-electron chi connectivity index (χ4n) is 3.40. The lowest BCUT2D eigenvalue weighted by Gasteiger charge is -2.08. The number of benzene rings is 2. The van der Waals surface area contributed by atoms with Crippen molar-refractivity contribution in [2.45, 2.75) is 13.3 Å². The molecule has 0 saturated carbocycles. The molecule has 0 unspecified atom stereocenters. The van der Waals surface area contributed by atoms with Crippen molar-refractivity contribution in [3.63, 3.8) is 0 Å². The van der Waals surface area contributed by atoms with E-state index in [0.29, 0.717) is 40.2 Å². The van der Waals surface area contributed by atoms with E-state index in [9.17, 15) is 13.9 Å². The molecule has 31 heavy (non-hydrogen) atoms. The Morgan fingerprint density at radius 2 is 2.10 bits per heavy atom. The minimum atomic E-state index is -0.482. The minimum absolute atomic E-state index is 0.116. The molecule has 0 spiro atoms. The number of ether oxygens (including phenoxy) is 2. The van der Waals surface area contributed by atoms with Crippen LogP contribution in [0.5, 0.6) is 11.6 Å². The van der Waals surface area contributed by atoms with E-state index in [2.05, 4.69) is 15.3 Å². The number of aliphatic imine (C=N–C) groups is 1. The highest BCUT2D eigenvalue weighted by Gasteiger charge is 2.22. The van der Waals surface area contributed by atoms with Gasteiger partial charge in [-0.2, -0.15) is 0 Å². The van der Waals surface area contributed by atoms with Crippen LogP contribution < -0.4 is 10.1 Å². The Morgan fingerprint density at radius 3 is 2.90 bits per heavy atom. The van der Waals surface area contributed by atoms with E-state index in [4.69, 9.17) is 9.47 Å². The van der Waals surface area contributed by atoms with Gasteiger partial charge in [-0.1, -0.05) is 6.92 Å². The number of hydrogen-bond acceptors (Lipinski definition) is 5. The van der Waals surface area contributed by atoms with E-state index in [1.807, 2.05) is 6.92 Å². The SMILES string of the molecule is CCNCCCOc1ccc(N=C2C=C(c3c(O)[nH]c4cc(F)ccc34)OC2)cc1F. The summed E-state index contributed by atoms with van der Waals surface area (Å²) in [4.78, 5) is 7.16. The van der Waals surface area contributed by atoms with Crippen LogP contribution in [0.25, 0.3) is 16.7 Å². The Labute approximate surface area is 178 Å². The maximum atomic E-state index is 14.3. The number of nitrogens with one attached hydrogen (secondary N) is 2. The molecule has 0 saturated heterocycles. The van der Waals surface area contributed by atoms with Gasteiger partial charge in [-0.15, -0.1) is 0 Å². The van der Waals surface area contributed by atoms with Crippen molar-refractivity contribution in [2.24, 2.45) is 4.99 Å². The van der Waals surface area contributed by atoms with Gasteiger partial charge < -0.3 is 24.9 Å². The Balaban J connectivity index is 1.49. The van der Waals surface area contributed by atoms with Crippen molar-refractivity contribution in [1.82, 2.24) is 10.3 Å². The van der Waals surface area contributed by atoms with Gasteiger partial charge in [0.05, 0.1) is 29.1 Å². The van der Waals surface area contributed by atoms with Gasteiger partial charge in [0.15, 0.2) is 11.6 Å². The summed E-state index contributed by atoms with van der Waals surface area (Å²) >= 11 is 0. The molecule has 0 radical (unpaired) electrons. The maximum Gasteiger partial charge on any atom is 0.200 e. The number of H-pyrrole nitrogens is 1. The zero-order valence-corrected chi connectivity index (χ0v) is 17.0. The van der Waals surface area contributed by atoms with Crippen LogP contribution in [0, 0.1) is 11.6 Å². The Hall–Kier alpha value is -3.39. The molecule has 1 aromatic heterocycles. The highest BCUT2D eigenvalue weighted by atomic mass is 19.1. The third-order valence-corrected chi connectivity index (χ3v) is 4.85. The standard InChI is InChI=1S/C23H23F2N3O3/c1-2-26-8-3-9-30-20-7-5-15(11-18(20)25)27-16-12-21(31-13-16)22-17-6-4-14(24)10-19(17)28-23(22)29/h4-7,10-12,26,28-29H,2-3,8-9,13H2,1H3. The first-order valence-electron chi connectivity index (χ1n) is 10.1. The fraction of sp³-hybridized carbons (Fsp3) is 0.261. The van der Waals surface area contributed by atoms with Crippen LogP contribution in [0.4, 0.5) is 14.5 Å². The maximum absolute atomic E-state index is 14.3. The van der Waals surface area contributed by atoms with Crippen molar-refractivity contribution < 1.29 is 23.4 Å². The number of aromatic nitrogens is 1. The second-order valence-corrected chi connectivity index (χ2v) is 7.11. The molecule has 3 aromatic rings. The third-order valence-electron chi connectivity index (χ3n) is 4.85. The molecule has 0 bridgehead atoms. The number of aromatic hydroxyl groups is 1. The van der Waals surface area contributed by atoms with E-state index < -0.39 is 11.6 Å². The van der Waals surface area contributed by atoms with E-state index in [-0.39, 0.29) is 18.2 Å². The second-order valence-electron chi connectivity index (χ2n) is 7.11. The predicted octanol–water partition coefficient (Wildman–Crippen LogP) is 4.67. The summed E-state index contributed by atoms with van der Waals surface area (Å²) in [6.45, 7) is 4.34. The second kappa shape index (κ2) is 9.18. The lowest BCUT2D eigenvalue weighted by molar-refractivity contribution is 0.294. The van der Waals surface area contributed by atoms with Crippen LogP contribution in [0.1, 0.15) is 18.9 Å². The van der Waals surface area contributed by atoms with Gasteiger partial charge in [-0.25, -0.2) is 13.8 Å². The first-order valence-corrected chi connectivity index (χ1v) is 10.1. The number of nitrogens with zero attached hydrogens (tertiary/aromatic N) is 1. The zero-order chi connectivity index (χ0) is 21.8. The van der Waals surface area contributed by atoms with Crippen molar-refractivity contribution >= 4 is 28.1 Å². The van der Waals surface area contributed by atoms with Gasteiger partial charge in [0, 0.05) is 17.5 Å². The molecule has 2 aromatic carbocycles. The summed E-state index contributed by atoms with van der Waals surface area (Å²) in [5.41, 5.74) is 1.90. The number of rotatable bonds is 8. The van der Waals surface area contributed by atoms with Crippen molar-refractivity contribution in [2.75, 3.05) is 26.3 Å². The largest absolute Gasteiger partial charge is 0.494 e. The molecular weight excluding hydrogens is 404 g/mol. The predicted molar refractivity (Wildman–Crippen MR) is 116 cm³/mol. The lowest BCUT2D eigenvalue weighted by Crippen LogP contribution is -2.16. The summed E-state index contributed by atoms with van der Waals surface area (Å²) in [7, 11) is 0. The summed E-state index contributed by atoms with van der Waals surface area (Å²) < 4.78 is 38.9. The fourth-order valence-corrected chi connectivity index (χ4v) is 3.40. The van der Waals surface area contributed by atoms with Gasteiger partial charge in [0.2, 0.25) is 5.88 Å². The molecule has 4 rings (SSSR count). The molecule has 6 nitrogen and oxygen atoms in total. The van der Waals surface area contributed by atoms with Gasteiger partial charge in [0.1, 0.15) is 18.2 Å². The first kappa shape index (κ1) is 20.9. The molecule has 1 aliphatic heterocycles.